The third kappa shape index (κ3) is 3.76. The smallest absolute Gasteiger partial charge is 0.254 e. The van der Waals surface area contributed by atoms with E-state index in [9.17, 15) is 9.18 Å². The average molecular weight is 367 g/mol. The van der Waals surface area contributed by atoms with E-state index in [0.29, 0.717) is 48.2 Å². The van der Waals surface area contributed by atoms with Gasteiger partial charge < -0.3 is 19.8 Å². The highest BCUT2D eigenvalue weighted by molar-refractivity contribution is 5.94. The van der Waals surface area contributed by atoms with E-state index in [1.54, 1.807) is 17.0 Å². The summed E-state index contributed by atoms with van der Waals surface area (Å²) in [4.78, 5) is 18.7. The fourth-order valence-corrected chi connectivity index (χ4v) is 3.01. The van der Waals surface area contributed by atoms with Crippen LogP contribution in [-0.4, -0.2) is 22.3 Å². The molecule has 2 heterocycles. The lowest BCUT2D eigenvalue weighted by molar-refractivity contribution is 0.0718. The summed E-state index contributed by atoms with van der Waals surface area (Å²) in [6.07, 6.45) is 0.601. The van der Waals surface area contributed by atoms with Crippen molar-refractivity contribution in [2.45, 2.75) is 19.6 Å². The Labute approximate surface area is 155 Å². The topological polar surface area (TPSA) is 81.6 Å². The Bertz CT molecular complexity index is 969. The van der Waals surface area contributed by atoms with Crippen LogP contribution in [0.3, 0.4) is 0 Å². The van der Waals surface area contributed by atoms with Gasteiger partial charge in [0.2, 0.25) is 5.89 Å². The van der Waals surface area contributed by atoms with E-state index < -0.39 is 0 Å². The van der Waals surface area contributed by atoms with Gasteiger partial charge in [-0.1, -0.05) is 6.07 Å². The second kappa shape index (κ2) is 7.11. The summed E-state index contributed by atoms with van der Waals surface area (Å²) in [5.74, 6) is 1.22. The van der Waals surface area contributed by atoms with E-state index in [0.717, 1.165) is 5.69 Å². The molecule has 27 heavy (non-hydrogen) atoms. The van der Waals surface area contributed by atoms with Crippen molar-refractivity contribution in [2.24, 2.45) is 0 Å². The quantitative estimate of drug-likeness (QED) is 0.716. The number of nitrogen functional groups attached to an aromatic ring is 1. The zero-order valence-corrected chi connectivity index (χ0v) is 14.5. The van der Waals surface area contributed by atoms with Crippen molar-refractivity contribution in [1.29, 1.82) is 0 Å². The van der Waals surface area contributed by atoms with Crippen LogP contribution in [0.2, 0.25) is 0 Å². The number of carbonyl (C=O) groups is 1. The number of anilines is 1. The molecule has 1 amide bonds. The van der Waals surface area contributed by atoms with Crippen LogP contribution in [0.15, 0.2) is 52.9 Å². The normalized spacial score (nSPS) is 13.3. The largest absolute Gasteiger partial charge is 0.484 e. The first-order chi connectivity index (χ1) is 13.1. The number of hydrogen-bond donors (Lipinski definition) is 1. The zero-order chi connectivity index (χ0) is 18.8. The van der Waals surface area contributed by atoms with Crippen molar-refractivity contribution in [1.82, 2.24) is 9.88 Å². The molecule has 0 radical (unpaired) electrons. The van der Waals surface area contributed by atoms with Crippen LogP contribution in [0.4, 0.5) is 10.1 Å². The Hall–Kier alpha value is -3.35. The van der Waals surface area contributed by atoms with E-state index in [1.165, 1.54) is 24.3 Å². The van der Waals surface area contributed by atoms with Gasteiger partial charge in [-0.2, -0.15) is 0 Å². The summed E-state index contributed by atoms with van der Waals surface area (Å²) in [6, 6.07) is 12.7. The van der Waals surface area contributed by atoms with Gasteiger partial charge in [-0.15, -0.1) is 0 Å². The molecule has 0 saturated carbocycles. The fourth-order valence-electron chi connectivity index (χ4n) is 3.01. The van der Waals surface area contributed by atoms with Crippen molar-refractivity contribution in [3.63, 3.8) is 0 Å². The molecule has 2 N–H and O–H groups in total. The van der Waals surface area contributed by atoms with Crippen LogP contribution < -0.4 is 10.5 Å². The van der Waals surface area contributed by atoms with Crippen molar-refractivity contribution in [2.75, 3.05) is 12.3 Å². The minimum atomic E-state index is -0.368. The molecule has 0 spiro atoms. The number of nitrogens with zero attached hydrogens (tertiary/aromatic N) is 2. The number of amides is 1. The molecule has 1 aromatic heterocycles. The Kier molecular flexibility index (Phi) is 4.50. The van der Waals surface area contributed by atoms with E-state index in [1.807, 2.05) is 12.1 Å². The maximum absolute atomic E-state index is 13.0. The molecule has 2 aromatic carbocycles. The molecule has 0 atom stereocenters. The molecule has 1 aliphatic heterocycles. The molecule has 7 heteroatoms. The van der Waals surface area contributed by atoms with Crippen LogP contribution in [0.25, 0.3) is 0 Å². The van der Waals surface area contributed by atoms with Gasteiger partial charge in [0.1, 0.15) is 17.3 Å². The summed E-state index contributed by atoms with van der Waals surface area (Å²) in [7, 11) is 0. The van der Waals surface area contributed by atoms with Crippen LogP contribution in [0, 0.1) is 5.82 Å². The Morgan fingerprint density at radius 2 is 2.07 bits per heavy atom. The Morgan fingerprint density at radius 3 is 2.85 bits per heavy atom. The van der Waals surface area contributed by atoms with Crippen LogP contribution in [-0.2, 0) is 19.6 Å². The number of aromatic nitrogens is 1. The first kappa shape index (κ1) is 17.1. The monoisotopic (exact) mass is 367 g/mol. The highest BCUT2D eigenvalue weighted by Gasteiger charge is 2.26. The van der Waals surface area contributed by atoms with Gasteiger partial charge >= 0.3 is 0 Å². The molecular weight excluding hydrogens is 349 g/mol. The molecule has 0 unspecified atom stereocenters. The summed E-state index contributed by atoms with van der Waals surface area (Å²) >= 11 is 0. The standard InChI is InChI=1S/C20H18FN3O3/c21-14-6-4-13(5-7-14)20(25)24-9-8-17-18(11-24)27-19(23-17)12-26-16-3-1-2-15(22)10-16/h1-7,10H,8-9,11-12,22H2. The third-order valence-electron chi connectivity index (χ3n) is 4.37. The molecule has 0 saturated heterocycles. The van der Waals surface area contributed by atoms with Crippen LogP contribution in [0.1, 0.15) is 27.7 Å². The second-order valence-electron chi connectivity index (χ2n) is 6.32. The zero-order valence-electron chi connectivity index (χ0n) is 14.5. The predicted molar refractivity (Wildman–Crippen MR) is 96.5 cm³/mol. The molecule has 0 fully saturated rings. The van der Waals surface area contributed by atoms with E-state index in [2.05, 4.69) is 4.98 Å². The van der Waals surface area contributed by atoms with Crippen molar-refractivity contribution in [3.05, 3.63) is 77.3 Å². The van der Waals surface area contributed by atoms with Gasteiger partial charge in [0.15, 0.2) is 6.61 Å². The third-order valence-corrected chi connectivity index (χ3v) is 4.37. The molecule has 0 aliphatic carbocycles. The Morgan fingerprint density at radius 1 is 1.26 bits per heavy atom. The van der Waals surface area contributed by atoms with Crippen LogP contribution >= 0.6 is 0 Å². The van der Waals surface area contributed by atoms with Crippen LogP contribution in [0.5, 0.6) is 5.75 Å². The average Bonchev–Trinajstić information content (AvgIpc) is 3.08. The predicted octanol–water partition coefficient (Wildman–Crippen LogP) is 3.17. The molecule has 138 valence electrons. The summed E-state index contributed by atoms with van der Waals surface area (Å²) in [5.41, 5.74) is 7.64. The number of ether oxygens (including phenoxy) is 1. The van der Waals surface area contributed by atoms with Crippen molar-refractivity contribution in [3.8, 4) is 5.75 Å². The highest BCUT2D eigenvalue weighted by Crippen LogP contribution is 2.23. The Balaban J connectivity index is 1.42. The lowest BCUT2D eigenvalue weighted by Gasteiger charge is -2.25. The van der Waals surface area contributed by atoms with Crippen molar-refractivity contribution >= 4 is 11.6 Å². The van der Waals surface area contributed by atoms with Gasteiger partial charge in [0.25, 0.3) is 5.91 Å². The van der Waals surface area contributed by atoms with Gasteiger partial charge in [-0.05, 0) is 36.4 Å². The highest BCUT2D eigenvalue weighted by atomic mass is 19.1. The first-order valence-electron chi connectivity index (χ1n) is 8.59. The fraction of sp³-hybridized carbons (Fsp3) is 0.200. The van der Waals surface area contributed by atoms with Gasteiger partial charge in [0, 0.05) is 30.3 Å². The molecule has 4 rings (SSSR count). The summed E-state index contributed by atoms with van der Waals surface area (Å²) in [6.45, 7) is 1.05. The number of oxazole rings is 1. The minimum absolute atomic E-state index is 0.158. The first-order valence-corrected chi connectivity index (χ1v) is 8.59. The number of carbonyl (C=O) groups excluding carboxylic acids is 1. The van der Waals surface area contributed by atoms with Gasteiger partial charge in [0.05, 0.1) is 12.2 Å². The maximum atomic E-state index is 13.0. The van der Waals surface area contributed by atoms with Crippen molar-refractivity contribution < 1.29 is 18.3 Å². The van der Waals surface area contributed by atoms with Gasteiger partial charge in [-0.3, -0.25) is 4.79 Å². The molecule has 1 aliphatic rings. The minimum Gasteiger partial charge on any atom is -0.484 e. The number of rotatable bonds is 4. The molecule has 3 aromatic rings. The van der Waals surface area contributed by atoms with Gasteiger partial charge in [-0.25, -0.2) is 9.37 Å². The number of nitrogens with two attached hydrogens (primary N) is 1. The summed E-state index contributed by atoms with van der Waals surface area (Å²) in [5, 5.41) is 0. The van der Waals surface area contributed by atoms with E-state index >= 15 is 0 Å². The number of fused-ring (bicyclic) bond motifs is 1. The molecule has 6 nitrogen and oxygen atoms in total. The summed E-state index contributed by atoms with van der Waals surface area (Å²) < 4.78 is 24.5. The number of halogens is 1. The molecule has 0 bridgehead atoms. The SMILES string of the molecule is Nc1cccc(OCc2nc3c(o2)CN(C(=O)c2ccc(F)cc2)CC3)c1. The lowest BCUT2D eigenvalue weighted by Crippen LogP contribution is -2.35. The number of benzene rings is 2. The molecular formula is C20H18FN3O3. The maximum Gasteiger partial charge on any atom is 0.254 e. The van der Waals surface area contributed by atoms with E-state index in [4.69, 9.17) is 14.9 Å². The lowest BCUT2D eigenvalue weighted by atomic mass is 10.1. The van der Waals surface area contributed by atoms with E-state index in [-0.39, 0.29) is 18.3 Å². The number of hydrogen-bond acceptors (Lipinski definition) is 5. The second-order valence-corrected chi connectivity index (χ2v) is 6.32.